The summed E-state index contributed by atoms with van der Waals surface area (Å²) in [6, 6.07) is 18.9. The second-order valence-electron chi connectivity index (χ2n) is 7.32. The summed E-state index contributed by atoms with van der Waals surface area (Å²) in [5.74, 6) is -0.526. The van der Waals surface area contributed by atoms with Crippen LogP contribution < -0.4 is 10.9 Å². The largest absolute Gasteiger partial charge is 0.296 e. The molecule has 0 bridgehead atoms. The van der Waals surface area contributed by atoms with E-state index in [1.807, 2.05) is 60.7 Å². The van der Waals surface area contributed by atoms with Crippen LogP contribution in [-0.2, 0) is 13.5 Å². The summed E-state index contributed by atoms with van der Waals surface area (Å²) < 4.78 is 1.20. The molecule has 4 rings (SSSR count). The molecule has 7 nitrogen and oxygen atoms in total. The second-order valence-corrected chi connectivity index (χ2v) is 8.38. The van der Waals surface area contributed by atoms with Gasteiger partial charge >= 0.3 is 0 Å². The first-order chi connectivity index (χ1) is 15.6. The minimum atomic E-state index is -0.526. The molecule has 0 spiro atoms. The third kappa shape index (κ3) is 4.50. The van der Waals surface area contributed by atoms with Crippen LogP contribution in [0.4, 0.5) is 5.13 Å². The lowest BCUT2D eigenvalue weighted by molar-refractivity contribution is 0.102. The van der Waals surface area contributed by atoms with Crippen LogP contribution in [-0.4, -0.2) is 25.9 Å². The molecule has 2 aromatic carbocycles. The molecule has 0 aliphatic carbocycles. The molecule has 2 heterocycles. The van der Waals surface area contributed by atoms with Gasteiger partial charge in [0.2, 0.25) is 5.13 Å². The first-order valence-corrected chi connectivity index (χ1v) is 11.3. The molecular formula is C24H23N5O2S. The van der Waals surface area contributed by atoms with Crippen molar-refractivity contribution in [1.82, 2.24) is 20.0 Å². The number of hydrogen-bond donors (Lipinski definition) is 1. The van der Waals surface area contributed by atoms with Crippen molar-refractivity contribution in [3.8, 4) is 22.4 Å². The molecular weight excluding hydrogens is 422 g/mol. The number of carbonyl (C=O) groups excluding carboxylic acids is 1. The molecule has 0 fully saturated rings. The highest BCUT2D eigenvalue weighted by molar-refractivity contribution is 7.15. The Morgan fingerprint density at radius 3 is 2.31 bits per heavy atom. The number of nitrogens with one attached hydrogen (secondary N) is 1. The summed E-state index contributed by atoms with van der Waals surface area (Å²) in [5, 5.41) is 16.7. The summed E-state index contributed by atoms with van der Waals surface area (Å²) >= 11 is 1.33. The van der Waals surface area contributed by atoms with Gasteiger partial charge in [-0.15, -0.1) is 10.2 Å². The van der Waals surface area contributed by atoms with E-state index in [0.29, 0.717) is 16.4 Å². The minimum Gasteiger partial charge on any atom is -0.296 e. The van der Waals surface area contributed by atoms with Gasteiger partial charge in [-0.3, -0.25) is 14.9 Å². The van der Waals surface area contributed by atoms with E-state index >= 15 is 0 Å². The molecule has 8 heteroatoms. The van der Waals surface area contributed by atoms with E-state index in [9.17, 15) is 9.59 Å². The minimum absolute atomic E-state index is 0.0258. The average Bonchev–Trinajstić information content (AvgIpc) is 3.27. The Kier molecular flexibility index (Phi) is 6.51. The number of unbranched alkanes of at least 4 members (excludes halogenated alkanes) is 1. The molecule has 4 aromatic rings. The lowest BCUT2D eigenvalue weighted by Gasteiger charge is -2.15. The fraction of sp³-hybridized carbons (Fsp3) is 0.208. The standard InChI is InChI=1S/C24H23N5O2S/c1-3-4-15-18-26-27-24(32-18)25-22(30)20-19(16-11-7-5-8-12-16)21(28-29(2)23(20)31)17-13-9-6-10-14-17/h5-14H,3-4,15H2,1-2H3,(H,25,27,30). The zero-order chi connectivity index (χ0) is 22.5. The highest BCUT2D eigenvalue weighted by Crippen LogP contribution is 2.32. The molecule has 0 unspecified atom stereocenters. The third-order valence-electron chi connectivity index (χ3n) is 5.01. The number of carbonyl (C=O) groups is 1. The lowest BCUT2D eigenvalue weighted by atomic mass is 9.95. The van der Waals surface area contributed by atoms with E-state index in [2.05, 4.69) is 27.5 Å². The van der Waals surface area contributed by atoms with Gasteiger partial charge in [-0.25, -0.2) is 4.68 Å². The first kappa shape index (κ1) is 21.6. The quantitative estimate of drug-likeness (QED) is 0.450. The molecule has 32 heavy (non-hydrogen) atoms. The molecule has 1 amide bonds. The van der Waals surface area contributed by atoms with Gasteiger partial charge in [0.25, 0.3) is 11.5 Å². The monoisotopic (exact) mass is 445 g/mol. The van der Waals surface area contributed by atoms with E-state index in [1.165, 1.54) is 16.0 Å². The summed E-state index contributed by atoms with van der Waals surface area (Å²) in [6.07, 6.45) is 2.87. The topological polar surface area (TPSA) is 89.8 Å². The van der Waals surface area contributed by atoms with Crippen LogP contribution in [0.25, 0.3) is 22.4 Å². The van der Waals surface area contributed by atoms with Crippen molar-refractivity contribution in [2.75, 3.05) is 5.32 Å². The van der Waals surface area contributed by atoms with Gasteiger partial charge in [-0.1, -0.05) is 85.3 Å². The number of aromatic nitrogens is 4. The number of hydrogen-bond acceptors (Lipinski definition) is 6. The Balaban J connectivity index is 1.83. The van der Waals surface area contributed by atoms with Crippen molar-refractivity contribution in [2.45, 2.75) is 26.2 Å². The Bertz CT molecular complexity index is 1280. The van der Waals surface area contributed by atoms with Crippen LogP contribution in [0.2, 0.25) is 0 Å². The summed E-state index contributed by atoms with van der Waals surface area (Å²) in [4.78, 5) is 26.5. The average molecular weight is 446 g/mol. The van der Waals surface area contributed by atoms with E-state index in [1.54, 1.807) is 7.05 Å². The van der Waals surface area contributed by atoms with Crippen molar-refractivity contribution in [3.63, 3.8) is 0 Å². The second kappa shape index (κ2) is 9.65. The fourth-order valence-electron chi connectivity index (χ4n) is 3.42. The SMILES string of the molecule is CCCCc1nnc(NC(=O)c2c(-c3ccccc3)c(-c3ccccc3)nn(C)c2=O)s1. The fourth-order valence-corrected chi connectivity index (χ4v) is 4.20. The maximum atomic E-state index is 13.4. The van der Waals surface area contributed by atoms with Crippen LogP contribution in [0.1, 0.15) is 35.1 Å². The number of amides is 1. The maximum Gasteiger partial charge on any atom is 0.280 e. The van der Waals surface area contributed by atoms with Gasteiger partial charge in [-0.2, -0.15) is 5.10 Å². The number of aryl methyl sites for hydroxylation is 2. The molecule has 0 atom stereocenters. The van der Waals surface area contributed by atoms with Crippen LogP contribution >= 0.6 is 11.3 Å². The van der Waals surface area contributed by atoms with Crippen LogP contribution in [0.3, 0.4) is 0 Å². The molecule has 0 radical (unpaired) electrons. The van der Waals surface area contributed by atoms with E-state index in [0.717, 1.165) is 35.4 Å². The predicted molar refractivity (Wildman–Crippen MR) is 127 cm³/mol. The number of nitrogens with zero attached hydrogens (tertiary/aromatic N) is 4. The molecule has 1 N–H and O–H groups in total. The number of anilines is 1. The molecule has 162 valence electrons. The summed E-state index contributed by atoms with van der Waals surface area (Å²) in [6.45, 7) is 2.11. The van der Waals surface area contributed by atoms with Gasteiger partial charge in [0, 0.05) is 24.6 Å². The van der Waals surface area contributed by atoms with Gasteiger partial charge in [-0.05, 0) is 12.0 Å². The van der Waals surface area contributed by atoms with Crippen molar-refractivity contribution >= 4 is 22.4 Å². The summed E-state index contributed by atoms with van der Waals surface area (Å²) in [5.41, 5.74) is 2.16. The summed E-state index contributed by atoms with van der Waals surface area (Å²) in [7, 11) is 1.55. The van der Waals surface area contributed by atoms with Gasteiger partial charge < -0.3 is 0 Å². The zero-order valence-corrected chi connectivity index (χ0v) is 18.7. The van der Waals surface area contributed by atoms with Crippen molar-refractivity contribution in [2.24, 2.45) is 7.05 Å². The first-order valence-electron chi connectivity index (χ1n) is 10.4. The van der Waals surface area contributed by atoms with Crippen LogP contribution in [0.15, 0.2) is 65.5 Å². The van der Waals surface area contributed by atoms with Crippen LogP contribution in [0, 0.1) is 0 Å². The zero-order valence-electron chi connectivity index (χ0n) is 17.9. The van der Waals surface area contributed by atoms with Crippen LogP contribution in [0.5, 0.6) is 0 Å². The Morgan fingerprint density at radius 1 is 1.00 bits per heavy atom. The van der Waals surface area contributed by atoms with E-state index in [-0.39, 0.29) is 5.56 Å². The Hall–Kier alpha value is -3.65. The highest BCUT2D eigenvalue weighted by atomic mass is 32.1. The molecule has 0 aliphatic heterocycles. The highest BCUT2D eigenvalue weighted by Gasteiger charge is 2.25. The predicted octanol–water partition coefficient (Wildman–Crippen LogP) is 4.56. The van der Waals surface area contributed by atoms with Crippen molar-refractivity contribution in [1.29, 1.82) is 0 Å². The number of benzene rings is 2. The third-order valence-corrected chi connectivity index (χ3v) is 5.91. The van der Waals surface area contributed by atoms with Crippen molar-refractivity contribution in [3.05, 3.63) is 81.6 Å². The number of rotatable bonds is 7. The Morgan fingerprint density at radius 2 is 1.66 bits per heavy atom. The van der Waals surface area contributed by atoms with Crippen molar-refractivity contribution < 1.29 is 4.79 Å². The van der Waals surface area contributed by atoms with E-state index in [4.69, 9.17) is 0 Å². The molecule has 2 aromatic heterocycles. The maximum absolute atomic E-state index is 13.4. The van der Waals surface area contributed by atoms with Gasteiger partial charge in [0.1, 0.15) is 10.6 Å². The normalized spacial score (nSPS) is 10.8. The van der Waals surface area contributed by atoms with E-state index < -0.39 is 11.5 Å². The lowest BCUT2D eigenvalue weighted by Crippen LogP contribution is -2.31. The van der Waals surface area contributed by atoms with Gasteiger partial charge in [0.05, 0.1) is 5.69 Å². The molecule has 0 saturated carbocycles. The molecule has 0 aliphatic rings. The van der Waals surface area contributed by atoms with Gasteiger partial charge in [0.15, 0.2) is 0 Å². The molecule has 0 saturated heterocycles. The smallest absolute Gasteiger partial charge is 0.280 e. The Labute approximate surface area is 189 Å².